The van der Waals surface area contributed by atoms with E-state index < -0.39 is 24.0 Å². The maximum Gasteiger partial charge on any atom is 0.328 e. The number of carbonyl (C=O) groups excluding carboxylic acids is 2. The number of methoxy groups -OCH3 is 1. The molecular weight excluding hydrogens is 294 g/mol. The molecule has 0 saturated heterocycles. The molecule has 120 valence electrons. The number of rotatable bonds is 6. The first-order valence-corrected chi connectivity index (χ1v) is 7.27. The van der Waals surface area contributed by atoms with Crippen molar-refractivity contribution in [2.24, 2.45) is 0 Å². The number of nitrogens with one attached hydrogen (secondary N) is 1. The van der Waals surface area contributed by atoms with Gasteiger partial charge in [0.25, 0.3) is 5.91 Å². The van der Waals surface area contributed by atoms with E-state index in [-0.39, 0.29) is 0 Å². The Labute approximate surface area is 134 Å². The average Bonchev–Trinajstić information content (AvgIpc) is 2.61. The van der Waals surface area contributed by atoms with E-state index in [1.807, 2.05) is 30.3 Å². The quantitative estimate of drug-likeness (QED) is 0.795. The molecule has 2 rings (SSSR count). The fraction of sp³-hybridized carbons (Fsp3) is 0.222. The Hall–Kier alpha value is -2.66. The van der Waals surface area contributed by atoms with Gasteiger partial charge in [-0.05, 0) is 11.1 Å². The van der Waals surface area contributed by atoms with Crippen LogP contribution in [-0.2, 0) is 20.7 Å². The van der Waals surface area contributed by atoms with Crippen LogP contribution in [0.2, 0.25) is 0 Å². The van der Waals surface area contributed by atoms with Crippen LogP contribution >= 0.6 is 0 Å². The van der Waals surface area contributed by atoms with Gasteiger partial charge in [-0.3, -0.25) is 4.79 Å². The third kappa shape index (κ3) is 4.66. The smallest absolute Gasteiger partial charge is 0.328 e. The molecule has 2 atom stereocenters. The van der Waals surface area contributed by atoms with Crippen molar-refractivity contribution < 1.29 is 19.4 Å². The summed E-state index contributed by atoms with van der Waals surface area (Å²) in [6.07, 6.45) is -1.04. The van der Waals surface area contributed by atoms with Crippen molar-refractivity contribution in [1.82, 2.24) is 5.32 Å². The molecule has 23 heavy (non-hydrogen) atoms. The molecule has 2 aromatic rings. The molecule has 0 saturated carbocycles. The lowest BCUT2D eigenvalue weighted by Crippen LogP contribution is -2.45. The molecule has 0 unspecified atom stereocenters. The zero-order valence-electron chi connectivity index (χ0n) is 12.8. The monoisotopic (exact) mass is 313 g/mol. The molecule has 0 bridgehead atoms. The van der Waals surface area contributed by atoms with Crippen LogP contribution in [0.25, 0.3) is 0 Å². The van der Waals surface area contributed by atoms with E-state index in [1.165, 1.54) is 7.11 Å². The van der Waals surface area contributed by atoms with Gasteiger partial charge in [-0.1, -0.05) is 60.7 Å². The number of hydrogen-bond acceptors (Lipinski definition) is 4. The summed E-state index contributed by atoms with van der Waals surface area (Å²) in [5.41, 5.74) is 1.35. The van der Waals surface area contributed by atoms with E-state index in [0.29, 0.717) is 12.0 Å². The summed E-state index contributed by atoms with van der Waals surface area (Å²) >= 11 is 0. The normalized spacial score (nSPS) is 13.0. The number of aliphatic hydroxyl groups excluding tert-OH is 1. The van der Waals surface area contributed by atoms with Crippen LogP contribution in [0.5, 0.6) is 0 Å². The minimum absolute atomic E-state index is 0.292. The molecule has 1 amide bonds. The average molecular weight is 313 g/mol. The number of ether oxygens (including phenoxy) is 1. The Bertz CT molecular complexity index is 643. The molecule has 0 aliphatic rings. The number of esters is 1. The van der Waals surface area contributed by atoms with Crippen LogP contribution in [0.15, 0.2) is 60.7 Å². The SMILES string of the molecule is COC(=O)[C@@H](Cc1ccccc1)NC(=O)[C@@H](O)c1ccccc1. The van der Waals surface area contributed by atoms with Crippen molar-refractivity contribution in [2.45, 2.75) is 18.6 Å². The van der Waals surface area contributed by atoms with E-state index in [2.05, 4.69) is 5.32 Å². The molecule has 0 aliphatic carbocycles. The molecule has 0 aromatic heterocycles. The van der Waals surface area contributed by atoms with Crippen molar-refractivity contribution in [1.29, 1.82) is 0 Å². The Kier molecular flexibility index (Phi) is 5.88. The molecule has 0 aliphatic heterocycles. The van der Waals surface area contributed by atoms with Crippen molar-refractivity contribution in [3.05, 3.63) is 71.8 Å². The first-order valence-electron chi connectivity index (χ1n) is 7.27. The summed E-state index contributed by atoms with van der Waals surface area (Å²) in [7, 11) is 1.26. The first kappa shape index (κ1) is 16.7. The third-order valence-electron chi connectivity index (χ3n) is 3.45. The lowest BCUT2D eigenvalue weighted by Gasteiger charge is -2.19. The van der Waals surface area contributed by atoms with Crippen LogP contribution in [0.3, 0.4) is 0 Å². The van der Waals surface area contributed by atoms with E-state index in [4.69, 9.17) is 4.74 Å². The second kappa shape index (κ2) is 8.10. The van der Waals surface area contributed by atoms with Gasteiger partial charge in [0.2, 0.25) is 0 Å². The molecule has 5 heteroatoms. The van der Waals surface area contributed by atoms with Gasteiger partial charge >= 0.3 is 5.97 Å². The van der Waals surface area contributed by atoms with Crippen molar-refractivity contribution in [3.63, 3.8) is 0 Å². The van der Waals surface area contributed by atoms with E-state index in [1.54, 1.807) is 30.3 Å². The highest BCUT2D eigenvalue weighted by Crippen LogP contribution is 2.13. The largest absolute Gasteiger partial charge is 0.467 e. The Balaban J connectivity index is 2.08. The molecule has 2 aromatic carbocycles. The Morgan fingerprint density at radius 3 is 2.17 bits per heavy atom. The number of carbonyl (C=O) groups is 2. The molecule has 0 fully saturated rings. The minimum Gasteiger partial charge on any atom is -0.467 e. The van der Waals surface area contributed by atoms with Gasteiger partial charge in [0.1, 0.15) is 6.04 Å². The predicted molar refractivity (Wildman–Crippen MR) is 85.5 cm³/mol. The molecule has 5 nitrogen and oxygen atoms in total. The summed E-state index contributed by atoms with van der Waals surface area (Å²) in [5.74, 6) is -1.19. The van der Waals surface area contributed by atoms with Crippen molar-refractivity contribution in [3.8, 4) is 0 Å². The van der Waals surface area contributed by atoms with Crippen LogP contribution in [-0.4, -0.2) is 30.1 Å². The van der Waals surface area contributed by atoms with Crippen molar-refractivity contribution in [2.75, 3.05) is 7.11 Å². The summed E-state index contributed by atoms with van der Waals surface area (Å²) in [6.45, 7) is 0. The number of benzene rings is 2. The zero-order chi connectivity index (χ0) is 16.7. The maximum atomic E-state index is 12.2. The molecule has 0 radical (unpaired) electrons. The Morgan fingerprint density at radius 2 is 1.61 bits per heavy atom. The van der Waals surface area contributed by atoms with Gasteiger partial charge in [-0.2, -0.15) is 0 Å². The number of amides is 1. The fourth-order valence-corrected chi connectivity index (χ4v) is 2.22. The molecule has 2 N–H and O–H groups in total. The number of aliphatic hydroxyl groups is 1. The van der Waals surface area contributed by atoms with Gasteiger partial charge < -0.3 is 15.2 Å². The van der Waals surface area contributed by atoms with Gasteiger partial charge in [-0.25, -0.2) is 4.79 Å². The lowest BCUT2D eigenvalue weighted by atomic mass is 10.0. The highest BCUT2D eigenvalue weighted by molar-refractivity contribution is 5.87. The van der Waals surface area contributed by atoms with Crippen LogP contribution in [0, 0.1) is 0 Å². The zero-order valence-corrected chi connectivity index (χ0v) is 12.8. The topological polar surface area (TPSA) is 75.6 Å². The summed E-state index contributed by atoms with van der Waals surface area (Å²) in [4.78, 5) is 24.1. The summed E-state index contributed by atoms with van der Waals surface area (Å²) in [5, 5.41) is 12.6. The standard InChI is InChI=1S/C18H19NO4/c1-23-18(22)15(12-13-8-4-2-5-9-13)19-17(21)16(20)14-10-6-3-7-11-14/h2-11,15-16,20H,12H2,1H3,(H,19,21)/t15-,16+/m1/s1. The second-order valence-electron chi connectivity index (χ2n) is 5.09. The van der Waals surface area contributed by atoms with Gasteiger partial charge in [0, 0.05) is 6.42 Å². The van der Waals surface area contributed by atoms with E-state index in [0.717, 1.165) is 5.56 Å². The van der Waals surface area contributed by atoms with Gasteiger partial charge in [0.05, 0.1) is 7.11 Å². The minimum atomic E-state index is -1.33. The fourth-order valence-electron chi connectivity index (χ4n) is 2.22. The molecular formula is C18H19NO4. The van der Waals surface area contributed by atoms with Crippen LogP contribution in [0.4, 0.5) is 0 Å². The third-order valence-corrected chi connectivity index (χ3v) is 3.45. The second-order valence-corrected chi connectivity index (χ2v) is 5.09. The summed E-state index contributed by atoms with van der Waals surface area (Å²) < 4.78 is 4.74. The number of hydrogen-bond donors (Lipinski definition) is 2. The maximum absolute atomic E-state index is 12.2. The lowest BCUT2D eigenvalue weighted by molar-refractivity contribution is -0.146. The highest BCUT2D eigenvalue weighted by atomic mass is 16.5. The van der Waals surface area contributed by atoms with E-state index >= 15 is 0 Å². The summed E-state index contributed by atoms with van der Waals surface area (Å²) in [6, 6.07) is 17.0. The van der Waals surface area contributed by atoms with Crippen LogP contribution < -0.4 is 5.32 Å². The van der Waals surface area contributed by atoms with Crippen molar-refractivity contribution >= 4 is 11.9 Å². The van der Waals surface area contributed by atoms with Crippen LogP contribution in [0.1, 0.15) is 17.2 Å². The Morgan fingerprint density at radius 1 is 1.04 bits per heavy atom. The molecule has 0 heterocycles. The highest BCUT2D eigenvalue weighted by Gasteiger charge is 2.26. The first-order chi connectivity index (χ1) is 11.1. The van der Waals surface area contributed by atoms with E-state index in [9.17, 15) is 14.7 Å². The van der Waals surface area contributed by atoms with Gasteiger partial charge in [-0.15, -0.1) is 0 Å². The van der Waals surface area contributed by atoms with Gasteiger partial charge in [0.15, 0.2) is 6.10 Å². The molecule has 0 spiro atoms. The predicted octanol–water partition coefficient (Wildman–Crippen LogP) is 1.62.